The van der Waals surface area contributed by atoms with E-state index in [9.17, 15) is 13.2 Å². The van der Waals surface area contributed by atoms with Gasteiger partial charge in [0, 0.05) is 12.2 Å². The van der Waals surface area contributed by atoms with Gasteiger partial charge in [0.1, 0.15) is 0 Å². The smallest absolute Gasteiger partial charge is 0.319 e. The third-order valence-electron chi connectivity index (χ3n) is 2.75. The minimum atomic E-state index is -3.79. The van der Waals surface area contributed by atoms with Gasteiger partial charge in [0.25, 0.3) is 0 Å². The van der Waals surface area contributed by atoms with Gasteiger partial charge >= 0.3 is 6.03 Å². The van der Waals surface area contributed by atoms with Crippen molar-refractivity contribution in [1.82, 2.24) is 5.32 Å². The summed E-state index contributed by atoms with van der Waals surface area (Å²) in [5.41, 5.74) is 1.99. The molecule has 0 aliphatic heterocycles. The van der Waals surface area contributed by atoms with Gasteiger partial charge in [-0.25, -0.2) is 18.4 Å². The number of carbonyl (C=O) groups excluding carboxylic acids is 1. The average Bonchev–Trinajstić information content (AvgIpc) is 2.30. The van der Waals surface area contributed by atoms with Crippen LogP contribution in [0.2, 0.25) is 0 Å². The summed E-state index contributed by atoms with van der Waals surface area (Å²) in [5.74, 6) is 0. The Morgan fingerprint density at radius 3 is 2.47 bits per heavy atom. The van der Waals surface area contributed by atoms with E-state index in [0.29, 0.717) is 12.2 Å². The molecule has 0 aromatic heterocycles. The number of benzene rings is 1. The van der Waals surface area contributed by atoms with Crippen molar-refractivity contribution in [3.63, 3.8) is 0 Å². The summed E-state index contributed by atoms with van der Waals surface area (Å²) in [6.07, 6.45) is 0.822. The minimum Gasteiger partial charge on any atom is -0.338 e. The van der Waals surface area contributed by atoms with Crippen molar-refractivity contribution >= 4 is 21.7 Å². The number of hydrogen-bond acceptors (Lipinski definition) is 3. The molecule has 1 aromatic rings. The first-order valence-corrected chi connectivity index (χ1v) is 7.49. The predicted molar refractivity (Wildman–Crippen MR) is 74.6 cm³/mol. The number of primary sulfonamides is 1. The van der Waals surface area contributed by atoms with Gasteiger partial charge in [-0.3, -0.25) is 0 Å². The SMILES string of the molecule is CCCNC(=O)Nc1cc(S(N)(=O)=O)cc(C)c1C. The summed E-state index contributed by atoms with van der Waals surface area (Å²) in [6.45, 7) is 6.06. The van der Waals surface area contributed by atoms with E-state index < -0.39 is 10.0 Å². The van der Waals surface area contributed by atoms with Crippen molar-refractivity contribution < 1.29 is 13.2 Å². The quantitative estimate of drug-likeness (QED) is 0.781. The molecule has 19 heavy (non-hydrogen) atoms. The molecule has 6 nitrogen and oxygen atoms in total. The number of amides is 2. The van der Waals surface area contributed by atoms with E-state index in [1.807, 2.05) is 6.92 Å². The third kappa shape index (κ3) is 4.22. The number of nitrogens with two attached hydrogens (primary N) is 1. The van der Waals surface area contributed by atoms with Crippen LogP contribution < -0.4 is 15.8 Å². The number of carbonyl (C=O) groups is 1. The van der Waals surface area contributed by atoms with Crippen molar-refractivity contribution in [2.24, 2.45) is 5.14 Å². The second kappa shape index (κ2) is 6.03. The summed E-state index contributed by atoms with van der Waals surface area (Å²) in [7, 11) is -3.79. The lowest BCUT2D eigenvalue weighted by Gasteiger charge is -2.13. The molecule has 1 rings (SSSR count). The zero-order chi connectivity index (χ0) is 14.6. The number of urea groups is 1. The Balaban J connectivity index is 3.07. The molecule has 0 spiro atoms. The average molecular weight is 285 g/mol. The summed E-state index contributed by atoms with van der Waals surface area (Å²) in [6, 6.07) is 2.49. The summed E-state index contributed by atoms with van der Waals surface area (Å²) in [4.78, 5) is 11.6. The molecule has 4 N–H and O–H groups in total. The van der Waals surface area contributed by atoms with Crippen LogP contribution in [0, 0.1) is 13.8 Å². The maximum atomic E-state index is 11.6. The van der Waals surface area contributed by atoms with E-state index in [-0.39, 0.29) is 10.9 Å². The highest BCUT2D eigenvalue weighted by molar-refractivity contribution is 7.89. The van der Waals surface area contributed by atoms with Crippen LogP contribution in [-0.4, -0.2) is 21.0 Å². The fourth-order valence-corrected chi connectivity index (χ4v) is 2.15. The van der Waals surface area contributed by atoms with Crippen LogP contribution in [0.15, 0.2) is 17.0 Å². The van der Waals surface area contributed by atoms with E-state index >= 15 is 0 Å². The Morgan fingerprint density at radius 2 is 1.95 bits per heavy atom. The maximum absolute atomic E-state index is 11.6. The molecule has 0 aliphatic carbocycles. The Morgan fingerprint density at radius 1 is 1.32 bits per heavy atom. The highest BCUT2D eigenvalue weighted by atomic mass is 32.2. The van der Waals surface area contributed by atoms with Crippen LogP contribution >= 0.6 is 0 Å². The first-order valence-electron chi connectivity index (χ1n) is 5.94. The zero-order valence-electron chi connectivity index (χ0n) is 11.3. The lowest BCUT2D eigenvalue weighted by Crippen LogP contribution is -2.29. The highest BCUT2D eigenvalue weighted by Gasteiger charge is 2.13. The molecule has 0 radical (unpaired) electrons. The maximum Gasteiger partial charge on any atom is 0.319 e. The first-order chi connectivity index (χ1) is 8.75. The van der Waals surface area contributed by atoms with Crippen molar-refractivity contribution in [1.29, 1.82) is 0 Å². The molecular formula is C12H19N3O3S. The van der Waals surface area contributed by atoms with Crippen LogP contribution in [0.4, 0.5) is 10.5 Å². The number of hydrogen-bond donors (Lipinski definition) is 3. The third-order valence-corrected chi connectivity index (χ3v) is 3.65. The second-order valence-corrected chi connectivity index (χ2v) is 5.90. The molecule has 0 atom stereocenters. The summed E-state index contributed by atoms with van der Waals surface area (Å²) < 4.78 is 22.7. The number of sulfonamides is 1. The van der Waals surface area contributed by atoms with Gasteiger partial charge in [0.2, 0.25) is 10.0 Å². The lowest BCUT2D eigenvalue weighted by atomic mass is 10.1. The Labute approximate surface area is 113 Å². The molecule has 0 aliphatic rings. The Bertz CT molecular complexity index is 582. The number of nitrogens with one attached hydrogen (secondary N) is 2. The molecule has 0 saturated heterocycles. The van der Waals surface area contributed by atoms with Crippen molar-refractivity contribution in [3.8, 4) is 0 Å². The zero-order valence-corrected chi connectivity index (χ0v) is 12.1. The van der Waals surface area contributed by atoms with Crippen molar-refractivity contribution in [2.75, 3.05) is 11.9 Å². The normalized spacial score (nSPS) is 11.2. The fourth-order valence-electron chi connectivity index (χ4n) is 1.53. The fraction of sp³-hybridized carbons (Fsp3) is 0.417. The van der Waals surface area contributed by atoms with Gasteiger partial charge < -0.3 is 10.6 Å². The van der Waals surface area contributed by atoms with Crippen molar-refractivity contribution in [2.45, 2.75) is 32.1 Å². The first kappa shape index (κ1) is 15.5. The predicted octanol–water partition coefficient (Wildman–Crippen LogP) is 1.48. The monoisotopic (exact) mass is 285 g/mol. The van der Waals surface area contributed by atoms with Gasteiger partial charge in [-0.2, -0.15) is 0 Å². The number of rotatable bonds is 4. The van der Waals surface area contributed by atoms with E-state index in [0.717, 1.165) is 17.5 Å². The molecule has 0 fully saturated rings. The minimum absolute atomic E-state index is 0.0126. The van der Waals surface area contributed by atoms with Crippen LogP contribution in [-0.2, 0) is 10.0 Å². The molecular weight excluding hydrogens is 266 g/mol. The van der Waals surface area contributed by atoms with E-state index in [4.69, 9.17) is 5.14 Å². The number of anilines is 1. The van der Waals surface area contributed by atoms with Gasteiger partial charge in [-0.05, 0) is 43.5 Å². The van der Waals surface area contributed by atoms with Gasteiger partial charge in [-0.1, -0.05) is 6.92 Å². The number of aryl methyl sites for hydroxylation is 1. The van der Waals surface area contributed by atoms with E-state index in [1.165, 1.54) is 12.1 Å². The van der Waals surface area contributed by atoms with Gasteiger partial charge in [0.15, 0.2) is 0 Å². The highest BCUT2D eigenvalue weighted by Crippen LogP contribution is 2.23. The lowest BCUT2D eigenvalue weighted by molar-refractivity contribution is 0.252. The van der Waals surface area contributed by atoms with Crippen molar-refractivity contribution in [3.05, 3.63) is 23.3 Å². The summed E-state index contributed by atoms with van der Waals surface area (Å²) in [5, 5.41) is 10.4. The summed E-state index contributed by atoms with van der Waals surface area (Å²) >= 11 is 0. The molecule has 2 amide bonds. The topological polar surface area (TPSA) is 101 Å². The van der Waals surface area contributed by atoms with Gasteiger partial charge in [-0.15, -0.1) is 0 Å². The molecule has 0 unspecified atom stereocenters. The Hall–Kier alpha value is -1.60. The van der Waals surface area contributed by atoms with Crippen LogP contribution in [0.5, 0.6) is 0 Å². The molecule has 0 heterocycles. The van der Waals surface area contributed by atoms with Gasteiger partial charge in [0.05, 0.1) is 4.90 Å². The van der Waals surface area contributed by atoms with E-state index in [1.54, 1.807) is 13.8 Å². The molecule has 7 heteroatoms. The standard InChI is InChI=1S/C12H19N3O3S/c1-4-5-14-12(16)15-11-7-10(19(13,17)18)6-8(2)9(11)3/h6-7H,4-5H2,1-3H3,(H2,13,17,18)(H2,14,15,16). The molecule has 1 aromatic carbocycles. The second-order valence-electron chi connectivity index (χ2n) is 4.34. The van der Waals surface area contributed by atoms with Crippen LogP contribution in [0.25, 0.3) is 0 Å². The Kier molecular flexibility index (Phi) is 4.90. The molecule has 0 saturated carbocycles. The van der Waals surface area contributed by atoms with Crippen LogP contribution in [0.1, 0.15) is 24.5 Å². The largest absolute Gasteiger partial charge is 0.338 e. The van der Waals surface area contributed by atoms with E-state index in [2.05, 4.69) is 10.6 Å². The molecule has 0 bridgehead atoms. The van der Waals surface area contributed by atoms with Crippen LogP contribution in [0.3, 0.4) is 0 Å². The molecule has 106 valence electrons.